The summed E-state index contributed by atoms with van der Waals surface area (Å²) in [5, 5.41) is 10.0. The fraction of sp³-hybridized carbons (Fsp3) is 0.138. The zero-order valence-corrected chi connectivity index (χ0v) is 22.1. The molecule has 3 aromatic rings. The third-order valence-electron chi connectivity index (χ3n) is 6.23. The van der Waals surface area contributed by atoms with Gasteiger partial charge in [-0.15, -0.1) is 0 Å². The monoisotopic (exact) mass is 587 g/mol. The van der Waals surface area contributed by atoms with E-state index >= 15 is 0 Å². The van der Waals surface area contributed by atoms with Crippen LogP contribution in [0.3, 0.4) is 0 Å². The van der Waals surface area contributed by atoms with Crippen molar-refractivity contribution in [2.75, 3.05) is 13.1 Å². The standard InChI is InChI=1S/C29H23Br2N3O/c30-23-10-4-8-20(13-23)12-22-17-34(16-19-6-2-1-3-7-19)18-26-27(21-9-5-11-24(31)14-21)25(15-32)29(33)35-28(22)26/h1-14,27H,16-18,33H2/b22-12+/t27-/m1/s1. The highest BCUT2D eigenvalue weighted by Gasteiger charge is 2.37. The number of nitrogens with zero attached hydrogens (tertiary/aromatic N) is 2. The van der Waals surface area contributed by atoms with Crippen molar-refractivity contribution in [1.29, 1.82) is 5.26 Å². The van der Waals surface area contributed by atoms with E-state index in [1.807, 2.05) is 36.4 Å². The lowest BCUT2D eigenvalue weighted by Gasteiger charge is -2.38. The van der Waals surface area contributed by atoms with E-state index in [4.69, 9.17) is 10.5 Å². The number of ether oxygens (including phenoxy) is 1. The lowest BCUT2D eigenvalue weighted by Crippen LogP contribution is -2.37. The molecule has 2 aliphatic rings. The van der Waals surface area contributed by atoms with E-state index in [1.165, 1.54) is 5.56 Å². The van der Waals surface area contributed by atoms with E-state index in [-0.39, 0.29) is 11.8 Å². The van der Waals surface area contributed by atoms with Crippen molar-refractivity contribution in [2.24, 2.45) is 5.73 Å². The Bertz CT molecular complexity index is 1400. The van der Waals surface area contributed by atoms with Gasteiger partial charge in [0, 0.05) is 34.2 Å². The summed E-state index contributed by atoms with van der Waals surface area (Å²) in [5.74, 6) is 0.675. The maximum atomic E-state index is 10.0. The summed E-state index contributed by atoms with van der Waals surface area (Å²) in [7, 11) is 0. The van der Waals surface area contributed by atoms with Crippen LogP contribution in [0, 0.1) is 11.3 Å². The Hall–Kier alpha value is -3.11. The third kappa shape index (κ3) is 5.13. The van der Waals surface area contributed by atoms with Gasteiger partial charge in [0.15, 0.2) is 0 Å². The van der Waals surface area contributed by atoms with Crippen LogP contribution in [0.25, 0.3) is 6.08 Å². The fourth-order valence-electron chi connectivity index (χ4n) is 4.76. The van der Waals surface area contributed by atoms with Gasteiger partial charge < -0.3 is 10.5 Å². The van der Waals surface area contributed by atoms with Crippen molar-refractivity contribution in [1.82, 2.24) is 4.90 Å². The van der Waals surface area contributed by atoms with Crippen LogP contribution in [0.5, 0.6) is 0 Å². The summed E-state index contributed by atoms with van der Waals surface area (Å²) in [6.07, 6.45) is 2.15. The lowest BCUT2D eigenvalue weighted by atomic mass is 9.80. The highest BCUT2D eigenvalue weighted by Crippen LogP contribution is 2.44. The van der Waals surface area contributed by atoms with Gasteiger partial charge in [0.2, 0.25) is 5.88 Å². The lowest BCUT2D eigenvalue weighted by molar-refractivity contribution is 0.230. The van der Waals surface area contributed by atoms with Crippen molar-refractivity contribution in [3.05, 3.63) is 133 Å². The van der Waals surface area contributed by atoms with E-state index < -0.39 is 0 Å². The molecule has 0 unspecified atom stereocenters. The Morgan fingerprint density at radius 2 is 1.71 bits per heavy atom. The largest absolute Gasteiger partial charge is 0.440 e. The molecule has 174 valence electrons. The quantitative estimate of drug-likeness (QED) is 0.361. The first-order chi connectivity index (χ1) is 17.0. The van der Waals surface area contributed by atoms with Crippen LogP contribution in [0.15, 0.2) is 116 Å². The molecule has 0 fully saturated rings. The van der Waals surface area contributed by atoms with E-state index in [0.717, 1.165) is 43.5 Å². The van der Waals surface area contributed by atoms with Gasteiger partial charge in [-0.05, 0) is 52.6 Å². The Balaban J connectivity index is 1.64. The highest BCUT2D eigenvalue weighted by atomic mass is 79.9. The number of benzene rings is 3. The second-order valence-corrected chi connectivity index (χ2v) is 10.5. The number of hydrogen-bond donors (Lipinski definition) is 1. The number of nitriles is 1. The summed E-state index contributed by atoms with van der Waals surface area (Å²) in [5.41, 5.74) is 12.2. The molecular formula is C29H23Br2N3O. The van der Waals surface area contributed by atoms with Gasteiger partial charge in [0.25, 0.3) is 0 Å². The van der Waals surface area contributed by atoms with Gasteiger partial charge in [-0.25, -0.2) is 0 Å². The number of nitrogens with two attached hydrogens (primary N) is 1. The van der Waals surface area contributed by atoms with Crippen molar-refractivity contribution in [3.8, 4) is 6.07 Å². The molecule has 0 bridgehead atoms. The molecule has 0 radical (unpaired) electrons. The van der Waals surface area contributed by atoms with Gasteiger partial charge in [-0.3, -0.25) is 4.90 Å². The predicted molar refractivity (Wildman–Crippen MR) is 146 cm³/mol. The molecule has 2 heterocycles. The summed E-state index contributed by atoms with van der Waals surface area (Å²) >= 11 is 7.16. The predicted octanol–water partition coefficient (Wildman–Crippen LogP) is 6.87. The molecule has 4 nitrogen and oxygen atoms in total. The summed E-state index contributed by atoms with van der Waals surface area (Å²) in [4.78, 5) is 2.39. The smallest absolute Gasteiger partial charge is 0.205 e. The topological polar surface area (TPSA) is 62.3 Å². The first-order valence-electron chi connectivity index (χ1n) is 11.3. The maximum Gasteiger partial charge on any atom is 0.205 e. The molecule has 3 aromatic carbocycles. The molecule has 5 rings (SSSR count). The SMILES string of the molecule is N#CC1=C(N)OC2=C(CN(Cc3ccccc3)C/C2=C\c2cccc(Br)c2)[C@@H]1c1cccc(Br)c1. The van der Waals surface area contributed by atoms with Crippen molar-refractivity contribution in [2.45, 2.75) is 12.5 Å². The first kappa shape index (κ1) is 23.6. The Morgan fingerprint density at radius 1 is 0.971 bits per heavy atom. The zero-order valence-electron chi connectivity index (χ0n) is 18.9. The molecule has 2 N–H and O–H groups in total. The number of halogens is 2. The van der Waals surface area contributed by atoms with Crippen LogP contribution in [-0.4, -0.2) is 18.0 Å². The van der Waals surface area contributed by atoms with E-state index in [2.05, 4.69) is 91.4 Å². The first-order valence-corrected chi connectivity index (χ1v) is 12.9. The van der Waals surface area contributed by atoms with E-state index in [1.54, 1.807) is 0 Å². The minimum Gasteiger partial charge on any atom is -0.440 e. The second-order valence-electron chi connectivity index (χ2n) is 8.69. The van der Waals surface area contributed by atoms with Crippen LogP contribution in [0.2, 0.25) is 0 Å². The highest BCUT2D eigenvalue weighted by molar-refractivity contribution is 9.10. The van der Waals surface area contributed by atoms with E-state index in [0.29, 0.717) is 18.7 Å². The normalized spacial score (nSPS) is 19.3. The Labute approximate surface area is 222 Å². The summed E-state index contributed by atoms with van der Waals surface area (Å²) in [6, 6.07) is 29.0. The molecule has 2 aliphatic heterocycles. The van der Waals surface area contributed by atoms with Crippen molar-refractivity contribution in [3.63, 3.8) is 0 Å². The maximum absolute atomic E-state index is 10.0. The molecule has 0 aromatic heterocycles. The molecule has 35 heavy (non-hydrogen) atoms. The Kier molecular flexibility index (Phi) is 6.92. The number of allylic oxidation sites excluding steroid dienone is 1. The van der Waals surface area contributed by atoms with Crippen LogP contribution >= 0.6 is 31.9 Å². The molecule has 6 heteroatoms. The van der Waals surface area contributed by atoms with Gasteiger partial charge in [-0.1, -0.05) is 86.5 Å². The average molecular weight is 589 g/mol. The molecule has 0 aliphatic carbocycles. The number of hydrogen-bond acceptors (Lipinski definition) is 4. The van der Waals surface area contributed by atoms with Crippen LogP contribution < -0.4 is 5.73 Å². The second kappa shape index (κ2) is 10.2. The molecule has 0 spiro atoms. The third-order valence-corrected chi connectivity index (χ3v) is 7.21. The van der Waals surface area contributed by atoms with Crippen LogP contribution in [-0.2, 0) is 11.3 Å². The van der Waals surface area contributed by atoms with Gasteiger partial charge >= 0.3 is 0 Å². The van der Waals surface area contributed by atoms with E-state index in [9.17, 15) is 5.26 Å². The minimum atomic E-state index is -0.272. The van der Waals surface area contributed by atoms with Crippen molar-refractivity contribution >= 4 is 37.9 Å². The van der Waals surface area contributed by atoms with Crippen LogP contribution in [0.4, 0.5) is 0 Å². The Morgan fingerprint density at radius 3 is 2.43 bits per heavy atom. The van der Waals surface area contributed by atoms with Crippen molar-refractivity contribution < 1.29 is 4.74 Å². The molecule has 1 atom stereocenters. The average Bonchev–Trinajstić information content (AvgIpc) is 2.84. The summed E-state index contributed by atoms with van der Waals surface area (Å²) < 4.78 is 8.16. The molecule has 0 saturated carbocycles. The van der Waals surface area contributed by atoms with Gasteiger partial charge in [0.1, 0.15) is 17.4 Å². The summed E-state index contributed by atoms with van der Waals surface area (Å²) in [6.45, 7) is 2.18. The van der Waals surface area contributed by atoms with Gasteiger partial charge in [0.05, 0.1) is 5.92 Å². The number of rotatable bonds is 4. The molecular weight excluding hydrogens is 566 g/mol. The fourth-order valence-corrected chi connectivity index (χ4v) is 5.59. The van der Waals surface area contributed by atoms with Gasteiger partial charge in [-0.2, -0.15) is 5.26 Å². The van der Waals surface area contributed by atoms with Crippen LogP contribution in [0.1, 0.15) is 22.6 Å². The molecule has 0 saturated heterocycles. The zero-order chi connectivity index (χ0) is 24.4. The minimum absolute atomic E-state index is 0.174. The molecule has 0 amide bonds.